The van der Waals surface area contributed by atoms with E-state index in [4.69, 9.17) is 4.42 Å². The molecule has 6 nitrogen and oxygen atoms in total. The van der Waals surface area contributed by atoms with E-state index in [0.717, 1.165) is 18.8 Å². The molecule has 34 heavy (non-hydrogen) atoms. The van der Waals surface area contributed by atoms with E-state index in [1.54, 1.807) is 23.9 Å². The first-order chi connectivity index (χ1) is 16.7. The molecule has 2 amide bonds. The first-order valence-corrected chi connectivity index (χ1v) is 13.0. The van der Waals surface area contributed by atoms with Gasteiger partial charge in [0.1, 0.15) is 6.04 Å². The minimum atomic E-state index is -0.560. The molecule has 4 rings (SSSR count). The van der Waals surface area contributed by atoms with E-state index in [-0.39, 0.29) is 23.6 Å². The van der Waals surface area contributed by atoms with Crippen LogP contribution in [0.4, 0.5) is 0 Å². The Hall–Kier alpha value is -3.03. The van der Waals surface area contributed by atoms with Gasteiger partial charge in [-0.15, -0.1) is 0 Å². The second-order valence-electron chi connectivity index (χ2n) is 8.37. The van der Waals surface area contributed by atoms with Gasteiger partial charge >= 0.3 is 0 Å². The number of amides is 2. The fraction of sp³-hybridized carbons (Fsp3) is 0.333. The van der Waals surface area contributed by atoms with Crippen molar-refractivity contribution in [3.05, 3.63) is 95.9 Å². The number of nitrogens with one attached hydrogen (secondary N) is 1. The number of benzene rings is 2. The molecule has 0 saturated carbocycles. The first kappa shape index (κ1) is 24.1. The van der Waals surface area contributed by atoms with Crippen molar-refractivity contribution in [2.75, 3.05) is 38.2 Å². The van der Waals surface area contributed by atoms with Crippen LogP contribution in [-0.2, 0) is 4.79 Å². The Morgan fingerprint density at radius 2 is 1.53 bits per heavy atom. The number of carbonyl (C=O) groups excluding carboxylic acids is 2. The Labute approximate surface area is 205 Å². The van der Waals surface area contributed by atoms with Crippen LogP contribution < -0.4 is 5.32 Å². The summed E-state index contributed by atoms with van der Waals surface area (Å²) in [5.41, 5.74) is 2.49. The smallest absolute Gasteiger partial charge is 0.287 e. The van der Waals surface area contributed by atoms with E-state index in [9.17, 15) is 9.59 Å². The summed E-state index contributed by atoms with van der Waals surface area (Å²) in [4.78, 5) is 30.2. The molecule has 7 heteroatoms. The maximum atomic E-state index is 13.4. The summed E-state index contributed by atoms with van der Waals surface area (Å²) >= 11 is 1.66. The zero-order valence-electron chi connectivity index (χ0n) is 19.4. The molecule has 0 spiro atoms. The highest BCUT2D eigenvalue weighted by molar-refractivity contribution is 7.98. The lowest BCUT2D eigenvalue weighted by atomic mass is 9.96. The maximum absolute atomic E-state index is 13.4. The van der Waals surface area contributed by atoms with Gasteiger partial charge in [0.15, 0.2) is 5.76 Å². The number of piperazine rings is 1. The fourth-order valence-corrected chi connectivity index (χ4v) is 4.91. The number of nitrogens with zero attached hydrogens (tertiary/aromatic N) is 2. The summed E-state index contributed by atoms with van der Waals surface area (Å²) < 4.78 is 5.20. The zero-order chi connectivity index (χ0) is 23.8. The monoisotopic (exact) mass is 477 g/mol. The average Bonchev–Trinajstić information content (AvgIpc) is 3.43. The summed E-state index contributed by atoms with van der Waals surface area (Å²) in [6, 6.07) is 23.9. The minimum Gasteiger partial charge on any atom is -0.459 e. The second kappa shape index (κ2) is 11.9. The van der Waals surface area contributed by atoms with Crippen LogP contribution in [0, 0.1) is 0 Å². The first-order valence-electron chi connectivity index (χ1n) is 11.6. The van der Waals surface area contributed by atoms with Crippen LogP contribution in [0.2, 0.25) is 0 Å². The van der Waals surface area contributed by atoms with E-state index >= 15 is 0 Å². The van der Waals surface area contributed by atoms with E-state index in [0.29, 0.717) is 19.5 Å². The molecule has 1 aliphatic rings. The van der Waals surface area contributed by atoms with Crippen molar-refractivity contribution < 1.29 is 14.0 Å². The summed E-state index contributed by atoms with van der Waals surface area (Å²) in [6.45, 7) is 2.78. The van der Waals surface area contributed by atoms with Crippen molar-refractivity contribution in [2.24, 2.45) is 0 Å². The standard InChI is InChI=1S/C27H31N3O3S/c1-34-20-14-23(28-26(31)24-13-8-19-33-24)27(32)30-17-15-29(16-18-30)25(21-9-4-2-5-10-21)22-11-6-3-7-12-22/h2-13,19,23,25H,14-18,20H2,1H3,(H,28,31)/t23-/m0/s1. The van der Waals surface area contributed by atoms with Crippen molar-refractivity contribution in [2.45, 2.75) is 18.5 Å². The van der Waals surface area contributed by atoms with Gasteiger partial charge < -0.3 is 14.6 Å². The Kier molecular flexibility index (Phi) is 8.44. The largest absolute Gasteiger partial charge is 0.459 e. The van der Waals surface area contributed by atoms with Gasteiger partial charge in [0.05, 0.1) is 12.3 Å². The van der Waals surface area contributed by atoms with Gasteiger partial charge in [-0.1, -0.05) is 60.7 Å². The van der Waals surface area contributed by atoms with Crippen LogP contribution >= 0.6 is 11.8 Å². The molecule has 0 unspecified atom stereocenters. The number of thioether (sulfide) groups is 1. The highest BCUT2D eigenvalue weighted by atomic mass is 32.2. The zero-order valence-corrected chi connectivity index (χ0v) is 20.2. The highest BCUT2D eigenvalue weighted by Crippen LogP contribution is 2.29. The third-order valence-corrected chi connectivity index (χ3v) is 6.82. The molecule has 0 radical (unpaired) electrons. The summed E-state index contributed by atoms with van der Waals surface area (Å²) in [7, 11) is 0. The molecular formula is C27H31N3O3S. The number of rotatable bonds is 9. The summed E-state index contributed by atoms with van der Waals surface area (Å²) in [5.74, 6) is 0.639. The molecule has 0 bridgehead atoms. The van der Waals surface area contributed by atoms with Gasteiger partial charge in [-0.2, -0.15) is 11.8 Å². The summed E-state index contributed by atoms with van der Waals surface area (Å²) in [6.07, 6.45) is 4.05. The molecular weight excluding hydrogens is 446 g/mol. The topological polar surface area (TPSA) is 65.8 Å². The molecule has 2 aromatic carbocycles. The normalized spacial score (nSPS) is 15.3. The van der Waals surface area contributed by atoms with Crippen molar-refractivity contribution >= 4 is 23.6 Å². The van der Waals surface area contributed by atoms with Crippen LogP contribution in [-0.4, -0.2) is 65.8 Å². The van der Waals surface area contributed by atoms with Gasteiger partial charge in [0, 0.05) is 26.2 Å². The third kappa shape index (κ3) is 5.90. The van der Waals surface area contributed by atoms with E-state index in [2.05, 4.69) is 58.7 Å². The molecule has 1 aromatic heterocycles. The van der Waals surface area contributed by atoms with Crippen LogP contribution in [0.15, 0.2) is 83.5 Å². The molecule has 1 saturated heterocycles. The average molecular weight is 478 g/mol. The molecule has 1 atom stereocenters. The van der Waals surface area contributed by atoms with Gasteiger partial charge in [-0.05, 0) is 41.7 Å². The van der Waals surface area contributed by atoms with E-state index in [1.807, 2.05) is 23.3 Å². The SMILES string of the molecule is CSCC[C@H](NC(=O)c1ccco1)C(=O)N1CCN(C(c2ccccc2)c2ccccc2)CC1. The predicted molar refractivity (Wildman–Crippen MR) is 136 cm³/mol. The lowest BCUT2D eigenvalue weighted by molar-refractivity contribution is -0.135. The minimum absolute atomic E-state index is 0.0235. The second-order valence-corrected chi connectivity index (χ2v) is 9.36. The predicted octanol–water partition coefficient (Wildman–Crippen LogP) is 4.06. The lowest BCUT2D eigenvalue weighted by Gasteiger charge is -2.40. The van der Waals surface area contributed by atoms with Crippen molar-refractivity contribution in [1.29, 1.82) is 0 Å². The number of carbonyl (C=O) groups is 2. The van der Waals surface area contributed by atoms with E-state index < -0.39 is 6.04 Å². The Morgan fingerprint density at radius 3 is 2.06 bits per heavy atom. The fourth-order valence-electron chi connectivity index (χ4n) is 4.44. The Balaban J connectivity index is 1.44. The summed E-state index contributed by atoms with van der Waals surface area (Å²) in [5, 5.41) is 2.89. The molecule has 1 fully saturated rings. The molecule has 2 heterocycles. The van der Waals surface area contributed by atoms with Gasteiger partial charge in [-0.25, -0.2) is 0 Å². The number of furan rings is 1. The molecule has 0 aliphatic carbocycles. The Morgan fingerprint density at radius 1 is 0.912 bits per heavy atom. The van der Waals surface area contributed by atoms with Gasteiger partial charge in [-0.3, -0.25) is 14.5 Å². The van der Waals surface area contributed by atoms with Crippen LogP contribution in [0.25, 0.3) is 0 Å². The van der Waals surface area contributed by atoms with Gasteiger partial charge in [0.2, 0.25) is 5.91 Å². The highest BCUT2D eigenvalue weighted by Gasteiger charge is 2.32. The number of hydrogen-bond donors (Lipinski definition) is 1. The maximum Gasteiger partial charge on any atom is 0.287 e. The van der Waals surface area contributed by atoms with E-state index in [1.165, 1.54) is 17.4 Å². The number of hydrogen-bond acceptors (Lipinski definition) is 5. The van der Waals surface area contributed by atoms with Crippen molar-refractivity contribution in [3.8, 4) is 0 Å². The van der Waals surface area contributed by atoms with Crippen LogP contribution in [0.5, 0.6) is 0 Å². The van der Waals surface area contributed by atoms with Crippen molar-refractivity contribution in [3.63, 3.8) is 0 Å². The van der Waals surface area contributed by atoms with Crippen LogP contribution in [0.1, 0.15) is 34.1 Å². The van der Waals surface area contributed by atoms with Crippen LogP contribution in [0.3, 0.4) is 0 Å². The molecule has 1 N–H and O–H groups in total. The third-order valence-electron chi connectivity index (χ3n) is 6.18. The lowest BCUT2D eigenvalue weighted by Crippen LogP contribution is -2.55. The van der Waals surface area contributed by atoms with Gasteiger partial charge in [0.25, 0.3) is 5.91 Å². The van der Waals surface area contributed by atoms with Crippen molar-refractivity contribution in [1.82, 2.24) is 15.1 Å². The molecule has 1 aliphatic heterocycles. The Bertz CT molecular complexity index is 996. The molecule has 3 aromatic rings. The molecule has 178 valence electrons. The quantitative estimate of drug-likeness (QED) is 0.503.